The molecule has 0 bridgehead atoms. The van der Waals surface area contributed by atoms with Gasteiger partial charge in [-0.15, -0.1) is 0 Å². The van der Waals surface area contributed by atoms with Gasteiger partial charge in [-0.1, -0.05) is 30.3 Å². The smallest absolute Gasteiger partial charge is 0.282 e. The van der Waals surface area contributed by atoms with Crippen LogP contribution in [0.1, 0.15) is 31.7 Å². The number of piperidine rings is 1. The minimum atomic E-state index is -0.00527. The van der Waals surface area contributed by atoms with E-state index in [9.17, 15) is 4.79 Å². The Hall–Kier alpha value is -2.33. The number of benzene rings is 2. The summed E-state index contributed by atoms with van der Waals surface area (Å²) in [5.74, 6) is 0.895. The Balaban J connectivity index is 1.50. The SMILES string of the molecule is C[C@@H](C(=O)Nc1ccc(OCc2ccccc2)cc1)[NH+]1CCCCC1. The number of carbonyl (C=O) groups is 1. The van der Waals surface area contributed by atoms with Gasteiger partial charge >= 0.3 is 0 Å². The van der Waals surface area contributed by atoms with Crippen LogP contribution in [0.3, 0.4) is 0 Å². The van der Waals surface area contributed by atoms with E-state index in [0.29, 0.717) is 6.61 Å². The monoisotopic (exact) mass is 339 g/mol. The summed E-state index contributed by atoms with van der Waals surface area (Å²) in [6.45, 7) is 4.76. The van der Waals surface area contributed by atoms with Crippen LogP contribution < -0.4 is 15.0 Å². The predicted octanol–water partition coefficient (Wildman–Crippen LogP) is 2.66. The maximum atomic E-state index is 12.4. The van der Waals surface area contributed by atoms with Crippen molar-refractivity contribution in [1.29, 1.82) is 0 Å². The van der Waals surface area contributed by atoms with Crippen LogP contribution in [-0.2, 0) is 11.4 Å². The summed E-state index contributed by atoms with van der Waals surface area (Å²) in [6, 6.07) is 17.7. The Morgan fingerprint density at radius 3 is 2.40 bits per heavy atom. The first-order valence-corrected chi connectivity index (χ1v) is 9.14. The van der Waals surface area contributed by atoms with E-state index in [4.69, 9.17) is 4.74 Å². The molecule has 1 amide bonds. The third-order valence-electron chi connectivity index (χ3n) is 4.87. The molecule has 1 aliphatic heterocycles. The molecule has 2 N–H and O–H groups in total. The van der Waals surface area contributed by atoms with Crippen LogP contribution in [0.4, 0.5) is 5.69 Å². The van der Waals surface area contributed by atoms with Crippen LogP contribution in [0.2, 0.25) is 0 Å². The van der Waals surface area contributed by atoms with Crippen molar-refractivity contribution in [3.8, 4) is 5.75 Å². The highest BCUT2D eigenvalue weighted by Crippen LogP contribution is 2.17. The van der Waals surface area contributed by atoms with Gasteiger partial charge < -0.3 is 15.0 Å². The molecule has 0 saturated carbocycles. The number of quaternary nitrogens is 1. The van der Waals surface area contributed by atoms with Crippen molar-refractivity contribution in [3.05, 3.63) is 60.2 Å². The van der Waals surface area contributed by atoms with Crippen molar-refractivity contribution in [1.82, 2.24) is 0 Å². The van der Waals surface area contributed by atoms with Crippen molar-refractivity contribution in [3.63, 3.8) is 0 Å². The number of rotatable bonds is 6. The van der Waals surface area contributed by atoms with E-state index in [1.165, 1.54) is 24.2 Å². The van der Waals surface area contributed by atoms with Crippen LogP contribution >= 0.6 is 0 Å². The van der Waals surface area contributed by atoms with Gasteiger partial charge in [0.05, 0.1) is 13.1 Å². The van der Waals surface area contributed by atoms with Crippen molar-refractivity contribution >= 4 is 11.6 Å². The Morgan fingerprint density at radius 1 is 1.04 bits per heavy atom. The first kappa shape index (κ1) is 17.5. The molecule has 0 unspecified atom stereocenters. The molecule has 2 aromatic carbocycles. The quantitative estimate of drug-likeness (QED) is 0.850. The molecule has 4 nitrogen and oxygen atoms in total. The summed E-state index contributed by atoms with van der Waals surface area (Å²) in [7, 11) is 0. The normalized spacial score (nSPS) is 16.2. The lowest BCUT2D eigenvalue weighted by Gasteiger charge is -2.28. The second-order valence-electron chi connectivity index (χ2n) is 6.73. The Bertz CT molecular complexity index is 664. The van der Waals surface area contributed by atoms with Crippen molar-refractivity contribution in [2.24, 2.45) is 0 Å². The highest BCUT2D eigenvalue weighted by atomic mass is 16.5. The maximum Gasteiger partial charge on any atom is 0.282 e. The Kier molecular flexibility index (Phi) is 6.07. The highest BCUT2D eigenvalue weighted by molar-refractivity contribution is 5.93. The number of carbonyl (C=O) groups excluding carboxylic acids is 1. The molecule has 4 heteroatoms. The lowest BCUT2D eigenvalue weighted by atomic mass is 10.1. The molecule has 1 atom stereocenters. The molecule has 0 radical (unpaired) electrons. The first-order chi connectivity index (χ1) is 12.2. The van der Waals surface area contributed by atoms with Gasteiger partial charge in [0.15, 0.2) is 6.04 Å². The second-order valence-corrected chi connectivity index (χ2v) is 6.73. The van der Waals surface area contributed by atoms with E-state index in [2.05, 4.69) is 5.32 Å². The van der Waals surface area contributed by atoms with E-state index in [0.717, 1.165) is 30.1 Å². The van der Waals surface area contributed by atoms with Gasteiger partial charge in [0, 0.05) is 5.69 Å². The number of hydrogen-bond donors (Lipinski definition) is 2. The highest BCUT2D eigenvalue weighted by Gasteiger charge is 2.26. The molecule has 132 valence electrons. The first-order valence-electron chi connectivity index (χ1n) is 9.14. The number of likely N-dealkylation sites (tertiary alicyclic amines) is 1. The molecule has 3 rings (SSSR count). The average Bonchev–Trinajstić information content (AvgIpc) is 2.68. The fourth-order valence-electron chi connectivity index (χ4n) is 3.25. The summed E-state index contributed by atoms with van der Waals surface area (Å²) in [6.07, 6.45) is 3.74. The molecule has 1 aliphatic rings. The summed E-state index contributed by atoms with van der Waals surface area (Å²) < 4.78 is 5.78. The van der Waals surface area contributed by atoms with Crippen molar-refractivity contribution < 1.29 is 14.4 Å². The zero-order valence-corrected chi connectivity index (χ0v) is 14.8. The van der Waals surface area contributed by atoms with Crippen LogP contribution in [0.5, 0.6) is 5.75 Å². The third-order valence-corrected chi connectivity index (χ3v) is 4.87. The van der Waals surface area contributed by atoms with E-state index >= 15 is 0 Å². The van der Waals surface area contributed by atoms with E-state index in [1.54, 1.807) is 0 Å². The minimum Gasteiger partial charge on any atom is -0.489 e. The van der Waals surface area contributed by atoms with E-state index in [1.807, 2.05) is 61.5 Å². The molecular formula is C21H27N2O2+. The van der Waals surface area contributed by atoms with Crippen LogP contribution in [0.15, 0.2) is 54.6 Å². The summed E-state index contributed by atoms with van der Waals surface area (Å²) in [5, 5.41) is 3.02. The lowest BCUT2D eigenvalue weighted by molar-refractivity contribution is -0.918. The topological polar surface area (TPSA) is 42.8 Å². The number of anilines is 1. The van der Waals surface area contributed by atoms with Gasteiger partial charge in [-0.25, -0.2) is 0 Å². The molecule has 2 aromatic rings. The minimum absolute atomic E-state index is 0.00527. The summed E-state index contributed by atoms with van der Waals surface area (Å²) >= 11 is 0. The Morgan fingerprint density at radius 2 is 1.72 bits per heavy atom. The number of nitrogens with one attached hydrogen (secondary N) is 2. The van der Waals surface area contributed by atoms with Gasteiger partial charge in [0.25, 0.3) is 5.91 Å². The molecule has 0 aliphatic carbocycles. The zero-order chi connectivity index (χ0) is 17.5. The number of ether oxygens (including phenoxy) is 1. The van der Waals surface area contributed by atoms with Crippen LogP contribution in [0, 0.1) is 0 Å². The van der Waals surface area contributed by atoms with Crippen molar-refractivity contribution in [2.75, 3.05) is 18.4 Å². The molecule has 1 fully saturated rings. The van der Waals surface area contributed by atoms with Gasteiger partial charge in [-0.3, -0.25) is 4.79 Å². The molecule has 0 spiro atoms. The van der Waals surface area contributed by atoms with Gasteiger partial charge in [-0.05, 0) is 56.0 Å². The third kappa shape index (κ3) is 5.07. The summed E-state index contributed by atoms with van der Waals surface area (Å²) in [4.78, 5) is 13.8. The summed E-state index contributed by atoms with van der Waals surface area (Å²) in [5.41, 5.74) is 1.96. The van der Waals surface area contributed by atoms with Gasteiger partial charge in [0.1, 0.15) is 12.4 Å². The van der Waals surface area contributed by atoms with E-state index < -0.39 is 0 Å². The Labute approximate surface area is 149 Å². The van der Waals surface area contributed by atoms with E-state index in [-0.39, 0.29) is 11.9 Å². The second kappa shape index (κ2) is 8.67. The van der Waals surface area contributed by atoms with Gasteiger partial charge in [-0.2, -0.15) is 0 Å². The largest absolute Gasteiger partial charge is 0.489 e. The fourth-order valence-corrected chi connectivity index (χ4v) is 3.25. The molecule has 25 heavy (non-hydrogen) atoms. The maximum absolute atomic E-state index is 12.4. The van der Waals surface area contributed by atoms with Crippen LogP contribution in [-0.4, -0.2) is 25.0 Å². The molecule has 1 saturated heterocycles. The average molecular weight is 339 g/mol. The predicted molar refractivity (Wildman–Crippen MR) is 99.9 cm³/mol. The molecule has 1 heterocycles. The fraction of sp³-hybridized carbons (Fsp3) is 0.381. The number of hydrogen-bond acceptors (Lipinski definition) is 2. The lowest BCUT2D eigenvalue weighted by Crippen LogP contribution is -3.17. The molecular weight excluding hydrogens is 312 g/mol. The van der Waals surface area contributed by atoms with Crippen molar-refractivity contribution in [2.45, 2.75) is 38.8 Å². The molecule has 0 aromatic heterocycles. The zero-order valence-electron chi connectivity index (χ0n) is 14.8. The van der Waals surface area contributed by atoms with Gasteiger partial charge in [0.2, 0.25) is 0 Å². The standard InChI is InChI=1S/C21H26N2O2/c1-17(23-14-6-3-7-15-23)21(24)22-19-10-12-20(13-11-19)25-16-18-8-4-2-5-9-18/h2,4-5,8-13,17H,3,6-7,14-16H2,1H3,(H,22,24)/p+1/t17-/m0/s1. The number of amides is 1. The van der Waals surface area contributed by atoms with Crippen LogP contribution in [0.25, 0.3) is 0 Å².